The summed E-state index contributed by atoms with van der Waals surface area (Å²) in [7, 11) is 1.01. The van der Waals surface area contributed by atoms with Crippen LogP contribution in [-0.4, -0.2) is 55.6 Å². The fourth-order valence-corrected chi connectivity index (χ4v) is 2.42. The van der Waals surface area contributed by atoms with Crippen LogP contribution in [0.1, 0.15) is 27.6 Å². The fraction of sp³-hybridized carbons (Fsp3) is 0.227. The molecule has 0 aliphatic carbocycles. The lowest BCUT2D eigenvalue weighted by Crippen LogP contribution is -2.47. The van der Waals surface area contributed by atoms with Crippen LogP contribution in [0.25, 0.3) is 0 Å². The quantitative estimate of drug-likeness (QED) is 0.434. The van der Waals surface area contributed by atoms with E-state index in [1.807, 2.05) is 0 Å². The van der Waals surface area contributed by atoms with Gasteiger partial charge >= 0.3 is 23.9 Å². The van der Waals surface area contributed by atoms with Gasteiger partial charge in [-0.1, -0.05) is 36.4 Å². The third kappa shape index (κ3) is 6.77. The molecule has 0 aliphatic rings. The predicted molar refractivity (Wildman–Crippen MR) is 105 cm³/mol. The Hall–Kier alpha value is -4.01. The number of ether oxygens (including phenoxy) is 4. The maximum absolute atomic E-state index is 12.6. The fourth-order valence-electron chi connectivity index (χ4n) is 2.42. The molecule has 2 aromatic rings. The van der Waals surface area contributed by atoms with Crippen molar-refractivity contribution in [3.8, 4) is 0 Å². The van der Waals surface area contributed by atoms with Gasteiger partial charge in [0.2, 0.25) is 18.0 Å². The second-order valence-corrected chi connectivity index (χ2v) is 6.15. The van der Waals surface area contributed by atoms with E-state index in [-0.39, 0.29) is 11.1 Å². The van der Waals surface area contributed by atoms with E-state index in [1.54, 1.807) is 36.4 Å². The number of hydrogen-bond acceptors (Lipinski definition) is 9. The van der Waals surface area contributed by atoms with Crippen molar-refractivity contribution >= 4 is 29.7 Å². The van der Waals surface area contributed by atoms with E-state index in [9.17, 15) is 24.0 Å². The van der Waals surface area contributed by atoms with Gasteiger partial charge in [-0.2, -0.15) is 0 Å². The van der Waals surface area contributed by atoms with Gasteiger partial charge in [0.15, 0.2) is 6.61 Å². The number of carbonyl (C=O) groups is 5. The van der Waals surface area contributed by atoms with E-state index >= 15 is 0 Å². The van der Waals surface area contributed by atoms with Crippen LogP contribution in [0.5, 0.6) is 0 Å². The summed E-state index contributed by atoms with van der Waals surface area (Å²) in [5.41, 5.74) is 0.183. The summed E-state index contributed by atoms with van der Waals surface area (Å²) in [6, 6.07) is 15.3. The maximum atomic E-state index is 12.6. The summed E-state index contributed by atoms with van der Waals surface area (Å²) in [4.78, 5) is 61.0. The van der Waals surface area contributed by atoms with Crippen molar-refractivity contribution < 1.29 is 42.9 Å². The summed E-state index contributed by atoms with van der Waals surface area (Å²) < 4.78 is 19.6. The van der Waals surface area contributed by atoms with E-state index in [2.05, 4.69) is 9.47 Å². The highest BCUT2D eigenvalue weighted by Crippen LogP contribution is 2.15. The van der Waals surface area contributed by atoms with Crippen LogP contribution >= 0.6 is 0 Å². The van der Waals surface area contributed by atoms with Gasteiger partial charge in [0, 0.05) is 6.92 Å². The molecule has 0 saturated carbocycles. The molecule has 0 aliphatic heterocycles. The third-order valence-corrected chi connectivity index (χ3v) is 3.93. The molecule has 9 heteroatoms. The van der Waals surface area contributed by atoms with Crippen LogP contribution in [0.4, 0.5) is 0 Å². The second-order valence-electron chi connectivity index (χ2n) is 6.15. The topological polar surface area (TPSA) is 122 Å². The Labute approximate surface area is 177 Å². The normalized spacial score (nSPS) is 12.1. The molecule has 31 heavy (non-hydrogen) atoms. The minimum atomic E-state index is -1.92. The lowest BCUT2D eigenvalue weighted by Gasteiger charge is -2.24. The Bertz CT molecular complexity index is 938. The summed E-state index contributed by atoms with van der Waals surface area (Å²) >= 11 is 0. The van der Waals surface area contributed by atoms with Crippen LogP contribution in [0.2, 0.25) is 0 Å². The van der Waals surface area contributed by atoms with Crippen LogP contribution in [-0.2, 0) is 33.3 Å². The summed E-state index contributed by atoms with van der Waals surface area (Å²) in [6.45, 7) is 0.268. The number of carbonyl (C=O) groups excluding carboxylic acids is 5. The van der Waals surface area contributed by atoms with Gasteiger partial charge in [0.25, 0.3) is 0 Å². The highest BCUT2D eigenvalue weighted by molar-refractivity contribution is 5.98. The number of rotatable bonds is 9. The first-order valence-electron chi connectivity index (χ1n) is 9.09. The van der Waals surface area contributed by atoms with Gasteiger partial charge in [0.1, 0.15) is 0 Å². The lowest BCUT2D eigenvalue weighted by atomic mass is 10.1. The average molecular weight is 428 g/mol. The molecule has 2 rings (SSSR count). The monoisotopic (exact) mass is 428 g/mol. The van der Waals surface area contributed by atoms with Gasteiger partial charge in [-0.3, -0.25) is 9.59 Å². The minimum Gasteiger partial charge on any atom is -0.466 e. The van der Waals surface area contributed by atoms with Crippen LogP contribution in [0.15, 0.2) is 60.7 Å². The lowest BCUT2D eigenvalue weighted by molar-refractivity contribution is -0.163. The molecular weight excluding hydrogens is 408 g/mol. The van der Waals surface area contributed by atoms with Crippen molar-refractivity contribution in [3.63, 3.8) is 0 Å². The van der Waals surface area contributed by atoms with E-state index in [1.165, 1.54) is 24.3 Å². The Morgan fingerprint density at radius 1 is 0.742 bits per heavy atom. The molecule has 0 bridgehead atoms. The van der Waals surface area contributed by atoms with Crippen LogP contribution < -0.4 is 0 Å². The van der Waals surface area contributed by atoms with Crippen molar-refractivity contribution in [3.05, 3.63) is 71.8 Å². The largest absolute Gasteiger partial charge is 0.466 e. The van der Waals surface area contributed by atoms with E-state index in [0.717, 1.165) is 14.0 Å². The van der Waals surface area contributed by atoms with Gasteiger partial charge in [-0.05, 0) is 24.3 Å². The van der Waals surface area contributed by atoms with E-state index < -0.39 is 48.5 Å². The number of methoxy groups -OCH3 is 1. The Morgan fingerprint density at radius 3 is 1.61 bits per heavy atom. The molecule has 0 fully saturated rings. The molecule has 9 nitrogen and oxygen atoms in total. The molecule has 0 amide bonds. The van der Waals surface area contributed by atoms with Crippen LogP contribution in [0.3, 0.4) is 0 Å². The molecule has 0 saturated heterocycles. The number of ketones is 1. The van der Waals surface area contributed by atoms with Crippen molar-refractivity contribution in [2.75, 3.05) is 13.7 Å². The molecular formula is C22H20O9. The number of esters is 4. The van der Waals surface area contributed by atoms with Crippen molar-refractivity contribution in [2.24, 2.45) is 0 Å². The van der Waals surface area contributed by atoms with Crippen molar-refractivity contribution in [1.82, 2.24) is 0 Å². The number of benzene rings is 2. The Kier molecular flexibility index (Phi) is 8.44. The molecule has 0 unspecified atom stereocenters. The molecule has 0 aromatic heterocycles. The molecule has 0 N–H and O–H groups in total. The predicted octanol–water partition coefficient (Wildman–Crippen LogP) is 1.74. The highest BCUT2D eigenvalue weighted by Gasteiger charge is 2.41. The summed E-state index contributed by atoms with van der Waals surface area (Å²) in [6.07, 6.45) is -3.83. The minimum absolute atomic E-state index is 0.0887. The van der Waals surface area contributed by atoms with Crippen LogP contribution in [0, 0.1) is 0 Å². The average Bonchev–Trinajstić information content (AvgIpc) is 2.80. The first-order chi connectivity index (χ1) is 14.8. The molecule has 0 radical (unpaired) electrons. The standard InChI is InChI=1S/C22H20O9/c1-14(23)29-13-17(24)18(30-20(25)15-9-5-3-6-10-15)19(22(27)28-2)31-21(26)16-11-7-4-8-12-16/h3-12,18-19H,13H2,1-2H3/t18-,19+/m0/s1. The first kappa shape index (κ1) is 23.3. The smallest absolute Gasteiger partial charge is 0.351 e. The number of Topliss-reactive ketones (excluding diaryl/α,β-unsaturated/α-hetero) is 1. The molecule has 162 valence electrons. The first-order valence-corrected chi connectivity index (χ1v) is 9.09. The molecule has 0 heterocycles. The van der Waals surface area contributed by atoms with Gasteiger partial charge in [-0.25, -0.2) is 14.4 Å². The van der Waals surface area contributed by atoms with Crippen molar-refractivity contribution in [1.29, 1.82) is 0 Å². The van der Waals surface area contributed by atoms with Gasteiger partial charge in [-0.15, -0.1) is 0 Å². The third-order valence-electron chi connectivity index (χ3n) is 3.93. The summed E-state index contributed by atoms with van der Waals surface area (Å²) in [5, 5.41) is 0. The zero-order valence-electron chi connectivity index (χ0n) is 16.8. The van der Waals surface area contributed by atoms with Gasteiger partial charge < -0.3 is 18.9 Å². The van der Waals surface area contributed by atoms with Crippen molar-refractivity contribution in [2.45, 2.75) is 19.1 Å². The molecule has 2 aromatic carbocycles. The Balaban J connectivity index is 2.33. The zero-order valence-corrected chi connectivity index (χ0v) is 16.8. The van der Waals surface area contributed by atoms with E-state index in [0.29, 0.717) is 0 Å². The SMILES string of the molecule is COC(=O)[C@H](OC(=O)c1ccccc1)[C@@H](OC(=O)c1ccccc1)C(=O)COC(C)=O. The second kappa shape index (κ2) is 11.2. The maximum Gasteiger partial charge on any atom is 0.351 e. The summed E-state index contributed by atoms with van der Waals surface area (Å²) in [5.74, 6) is -4.78. The highest BCUT2D eigenvalue weighted by atomic mass is 16.6. The van der Waals surface area contributed by atoms with Gasteiger partial charge in [0.05, 0.1) is 18.2 Å². The number of hydrogen-bond donors (Lipinski definition) is 0. The van der Waals surface area contributed by atoms with E-state index in [4.69, 9.17) is 9.47 Å². The zero-order chi connectivity index (χ0) is 22.8. The molecule has 0 spiro atoms. The Morgan fingerprint density at radius 2 is 1.19 bits per heavy atom. The molecule has 2 atom stereocenters.